The van der Waals surface area contributed by atoms with E-state index >= 15 is 0 Å². The summed E-state index contributed by atoms with van der Waals surface area (Å²) < 4.78 is 11.7. The van der Waals surface area contributed by atoms with Crippen LogP contribution < -0.4 is 0 Å². The number of pyridine rings is 1. The van der Waals surface area contributed by atoms with Crippen molar-refractivity contribution in [2.45, 2.75) is 77.7 Å². The molecule has 0 amide bonds. The van der Waals surface area contributed by atoms with Crippen LogP contribution in [0, 0.1) is 0 Å². The Labute approximate surface area is 129 Å². The Balaban J connectivity index is 0.000000423. The lowest BCUT2D eigenvalue weighted by molar-refractivity contribution is 0.281. The SMILES string of the molecule is CCCCCCCCCCCCF.OCc1cccnc1. The molecule has 0 unspecified atom stereocenters. The summed E-state index contributed by atoms with van der Waals surface area (Å²) in [7, 11) is 0. The van der Waals surface area contributed by atoms with Gasteiger partial charge >= 0.3 is 0 Å². The minimum absolute atomic E-state index is 0.0772. The largest absolute Gasteiger partial charge is 0.392 e. The summed E-state index contributed by atoms with van der Waals surface area (Å²) in [5.41, 5.74) is 0.854. The molecule has 0 bridgehead atoms. The van der Waals surface area contributed by atoms with E-state index in [0.717, 1.165) is 18.4 Å². The van der Waals surface area contributed by atoms with Crippen molar-refractivity contribution in [2.75, 3.05) is 6.67 Å². The quantitative estimate of drug-likeness (QED) is 0.551. The monoisotopic (exact) mass is 297 g/mol. The molecule has 0 fully saturated rings. The Morgan fingerprint density at radius 1 is 0.952 bits per heavy atom. The summed E-state index contributed by atoms with van der Waals surface area (Å²) in [6.45, 7) is 2.20. The van der Waals surface area contributed by atoms with Gasteiger partial charge in [0.2, 0.25) is 0 Å². The van der Waals surface area contributed by atoms with Crippen molar-refractivity contribution < 1.29 is 9.50 Å². The van der Waals surface area contributed by atoms with Gasteiger partial charge in [0.1, 0.15) is 0 Å². The van der Waals surface area contributed by atoms with Gasteiger partial charge in [0.15, 0.2) is 0 Å². The highest BCUT2D eigenvalue weighted by atomic mass is 19.1. The van der Waals surface area contributed by atoms with Crippen molar-refractivity contribution in [3.05, 3.63) is 30.1 Å². The number of aliphatic hydroxyl groups is 1. The van der Waals surface area contributed by atoms with Crippen molar-refractivity contribution in [3.8, 4) is 0 Å². The molecule has 0 aliphatic rings. The van der Waals surface area contributed by atoms with E-state index in [9.17, 15) is 4.39 Å². The molecule has 1 aromatic rings. The first-order chi connectivity index (χ1) is 10.3. The van der Waals surface area contributed by atoms with Crippen molar-refractivity contribution in [2.24, 2.45) is 0 Å². The number of aliphatic hydroxyl groups excluding tert-OH is 1. The van der Waals surface area contributed by atoms with Crippen LogP contribution in [0.25, 0.3) is 0 Å². The molecule has 0 aromatic carbocycles. The zero-order valence-electron chi connectivity index (χ0n) is 13.6. The number of aromatic nitrogens is 1. The standard InChI is InChI=1S/C12H25F.C6H7NO/c1-2-3-4-5-6-7-8-9-10-11-12-13;8-5-6-2-1-3-7-4-6/h2-12H2,1H3;1-4,8H,5H2. The van der Waals surface area contributed by atoms with E-state index in [-0.39, 0.29) is 13.3 Å². The minimum Gasteiger partial charge on any atom is -0.392 e. The minimum atomic E-state index is -0.128. The fourth-order valence-electron chi connectivity index (χ4n) is 2.07. The number of hydrogen-bond donors (Lipinski definition) is 1. The fourth-order valence-corrected chi connectivity index (χ4v) is 2.07. The molecule has 1 heterocycles. The van der Waals surface area contributed by atoms with Gasteiger partial charge in [-0.25, -0.2) is 0 Å². The van der Waals surface area contributed by atoms with Gasteiger partial charge in [-0.05, 0) is 18.1 Å². The van der Waals surface area contributed by atoms with Crippen molar-refractivity contribution in [3.63, 3.8) is 0 Å². The van der Waals surface area contributed by atoms with E-state index in [4.69, 9.17) is 5.11 Å². The van der Waals surface area contributed by atoms with Crippen LogP contribution in [0.15, 0.2) is 24.5 Å². The Kier molecular flexibility index (Phi) is 16.3. The average molecular weight is 297 g/mol. The molecule has 1 N–H and O–H groups in total. The van der Waals surface area contributed by atoms with E-state index in [1.54, 1.807) is 18.5 Å². The third-order valence-electron chi connectivity index (χ3n) is 3.39. The van der Waals surface area contributed by atoms with Gasteiger partial charge in [-0.3, -0.25) is 9.37 Å². The average Bonchev–Trinajstić information content (AvgIpc) is 2.55. The lowest BCUT2D eigenvalue weighted by Crippen LogP contribution is -1.82. The molecule has 0 aliphatic heterocycles. The molecule has 0 atom stereocenters. The Hall–Kier alpha value is -0.960. The van der Waals surface area contributed by atoms with Crippen LogP contribution in [0.5, 0.6) is 0 Å². The number of hydrogen-bond acceptors (Lipinski definition) is 2. The predicted molar refractivity (Wildman–Crippen MR) is 88.0 cm³/mol. The van der Waals surface area contributed by atoms with Gasteiger partial charge < -0.3 is 5.11 Å². The lowest BCUT2D eigenvalue weighted by Gasteiger charge is -2.00. The van der Waals surface area contributed by atoms with E-state index in [1.807, 2.05) is 6.07 Å². The summed E-state index contributed by atoms with van der Waals surface area (Å²) in [5.74, 6) is 0. The summed E-state index contributed by atoms with van der Waals surface area (Å²) in [4.78, 5) is 3.80. The molecule has 1 aromatic heterocycles. The fraction of sp³-hybridized carbons (Fsp3) is 0.722. The van der Waals surface area contributed by atoms with Crippen LogP contribution in [0.2, 0.25) is 0 Å². The van der Waals surface area contributed by atoms with E-state index in [2.05, 4.69) is 11.9 Å². The summed E-state index contributed by atoms with van der Waals surface area (Å²) in [6.07, 6.45) is 16.0. The molecule has 0 aliphatic carbocycles. The molecule has 3 heteroatoms. The maximum Gasteiger partial charge on any atom is 0.0894 e. The van der Waals surface area contributed by atoms with Crippen LogP contribution >= 0.6 is 0 Å². The zero-order chi connectivity index (χ0) is 15.6. The van der Waals surface area contributed by atoms with Gasteiger partial charge in [-0.1, -0.05) is 70.8 Å². The van der Waals surface area contributed by atoms with E-state index in [1.165, 1.54) is 51.4 Å². The molecule has 0 spiro atoms. The van der Waals surface area contributed by atoms with E-state index in [0.29, 0.717) is 0 Å². The zero-order valence-corrected chi connectivity index (χ0v) is 13.6. The number of nitrogens with zero attached hydrogens (tertiary/aromatic N) is 1. The molecular weight excluding hydrogens is 265 g/mol. The topological polar surface area (TPSA) is 33.1 Å². The lowest BCUT2D eigenvalue weighted by atomic mass is 10.1. The van der Waals surface area contributed by atoms with Crippen LogP contribution in [-0.4, -0.2) is 16.8 Å². The summed E-state index contributed by atoms with van der Waals surface area (Å²) in [6, 6.07) is 3.62. The van der Waals surface area contributed by atoms with Gasteiger partial charge in [-0.2, -0.15) is 0 Å². The smallest absolute Gasteiger partial charge is 0.0894 e. The molecule has 21 heavy (non-hydrogen) atoms. The molecule has 1 rings (SSSR count). The second-order valence-corrected chi connectivity index (χ2v) is 5.39. The molecule has 2 nitrogen and oxygen atoms in total. The number of rotatable bonds is 11. The second-order valence-electron chi connectivity index (χ2n) is 5.39. The maximum absolute atomic E-state index is 11.7. The van der Waals surface area contributed by atoms with Gasteiger partial charge in [0, 0.05) is 12.4 Å². The van der Waals surface area contributed by atoms with Crippen LogP contribution in [0.1, 0.15) is 76.7 Å². The van der Waals surface area contributed by atoms with Gasteiger partial charge in [0.25, 0.3) is 0 Å². The van der Waals surface area contributed by atoms with Crippen molar-refractivity contribution >= 4 is 0 Å². The molecular formula is C18H32FNO. The first-order valence-corrected chi connectivity index (χ1v) is 8.40. The van der Waals surface area contributed by atoms with Crippen LogP contribution in [0.4, 0.5) is 4.39 Å². The number of halogens is 1. The summed E-state index contributed by atoms with van der Waals surface area (Å²) in [5, 5.41) is 8.50. The number of unbranched alkanes of at least 4 members (excludes halogenated alkanes) is 9. The molecule has 122 valence electrons. The van der Waals surface area contributed by atoms with Crippen LogP contribution in [-0.2, 0) is 6.61 Å². The Morgan fingerprint density at radius 3 is 1.90 bits per heavy atom. The third kappa shape index (κ3) is 15.3. The normalized spacial score (nSPS) is 10.0. The molecule has 0 radical (unpaired) electrons. The van der Waals surface area contributed by atoms with Crippen molar-refractivity contribution in [1.82, 2.24) is 4.98 Å². The van der Waals surface area contributed by atoms with Gasteiger partial charge in [0.05, 0.1) is 13.3 Å². The van der Waals surface area contributed by atoms with Gasteiger partial charge in [-0.15, -0.1) is 0 Å². The molecule has 0 saturated carbocycles. The third-order valence-corrected chi connectivity index (χ3v) is 3.39. The highest BCUT2D eigenvalue weighted by Gasteiger charge is 1.91. The predicted octanol–water partition coefficient (Wildman–Crippen LogP) is 5.45. The Bertz CT molecular complexity index is 283. The van der Waals surface area contributed by atoms with E-state index < -0.39 is 0 Å². The van der Waals surface area contributed by atoms with Crippen LogP contribution in [0.3, 0.4) is 0 Å². The highest BCUT2D eigenvalue weighted by molar-refractivity contribution is 5.06. The second kappa shape index (κ2) is 17.1. The first kappa shape index (κ1) is 20.0. The highest BCUT2D eigenvalue weighted by Crippen LogP contribution is 2.10. The van der Waals surface area contributed by atoms with Crippen molar-refractivity contribution in [1.29, 1.82) is 0 Å². The first-order valence-electron chi connectivity index (χ1n) is 8.40. The number of alkyl halides is 1. The molecule has 0 saturated heterocycles. The Morgan fingerprint density at radius 2 is 1.52 bits per heavy atom. The summed E-state index contributed by atoms with van der Waals surface area (Å²) >= 11 is 0. The maximum atomic E-state index is 11.7.